The Balaban J connectivity index is 1.39. The Morgan fingerprint density at radius 2 is 2.22 bits per heavy atom. The standard InChI is InChI=1S/C17H21N5O5/c1-22-15-14(16(24)21-17(22)25)19-12(20-15)5-6-13(23)18-7-3-8-26-10-11-4-2-9-27-11/h2,4,9H,3,5-8,10H2,1H3,(H,18,23)(H,19,20)(H,21,24,25). The number of aromatic nitrogens is 4. The summed E-state index contributed by atoms with van der Waals surface area (Å²) in [6, 6.07) is 3.64. The third-order valence-corrected chi connectivity index (χ3v) is 4.00. The number of aryl methyl sites for hydroxylation is 2. The number of amides is 1. The second-order valence-corrected chi connectivity index (χ2v) is 6.04. The fraction of sp³-hybridized carbons (Fsp3) is 0.412. The molecule has 0 aliphatic rings. The summed E-state index contributed by atoms with van der Waals surface area (Å²) < 4.78 is 11.8. The van der Waals surface area contributed by atoms with E-state index in [9.17, 15) is 14.4 Å². The van der Waals surface area contributed by atoms with Crippen LogP contribution in [0.3, 0.4) is 0 Å². The number of H-pyrrole nitrogens is 2. The number of carbonyl (C=O) groups is 1. The molecule has 0 atom stereocenters. The first kappa shape index (κ1) is 18.6. The molecule has 0 unspecified atom stereocenters. The maximum Gasteiger partial charge on any atom is 0.329 e. The zero-order chi connectivity index (χ0) is 19.2. The van der Waals surface area contributed by atoms with Gasteiger partial charge < -0.3 is 19.5 Å². The number of nitrogens with zero attached hydrogens (tertiary/aromatic N) is 2. The first-order valence-electron chi connectivity index (χ1n) is 8.59. The Labute approximate surface area is 153 Å². The Bertz CT molecular complexity index is 1010. The maximum atomic E-state index is 11.9. The van der Waals surface area contributed by atoms with Crippen molar-refractivity contribution in [3.05, 3.63) is 50.8 Å². The number of aromatic amines is 2. The van der Waals surface area contributed by atoms with Crippen molar-refractivity contribution in [2.24, 2.45) is 7.05 Å². The topological polar surface area (TPSA) is 135 Å². The van der Waals surface area contributed by atoms with Gasteiger partial charge in [-0.25, -0.2) is 9.78 Å². The highest BCUT2D eigenvalue weighted by molar-refractivity contribution is 5.76. The quantitative estimate of drug-likeness (QED) is 0.457. The van der Waals surface area contributed by atoms with Crippen LogP contribution in [-0.4, -0.2) is 38.6 Å². The summed E-state index contributed by atoms with van der Waals surface area (Å²) in [6.45, 7) is 1.43. The summed E-state index contributed by atoms with van der Waals surface area (Å²) in [6.07, 6.45) is 2.84. The van der Waals surface area contributed by atoms with Crippen molar-refractivity contribution in [1.29, 1.82) is 0 Å². The van der Waals surface area contributed by atoms with Crippen molar-refractivity contribution >= 4 is 17.1 Å². The van der Waals surface area contributed by atoms with Gasteiger partial charge in [0.2, 0.25) is 5.91 Å². The van der Waals surface area contributed by atoms with E-state index in [1.54, 1.807) is 12.3 Å². The number of rotatable bonds is 9. The lowest BCUT2D eigenvalue weighted by molar-refractivity contribution is -0.121. The molecule has 0 spiro atoms. The molecule has 3 aromatic heterocycles. The molecule has 0 radical (unpaired) electrons. The summed E-state index contributed by atoms with van der Waals surface area (Å²) in [7, 11) is 1.52. The first-order valence-corrected chi connectivity index (χ1v) is 8.59. The van der Waals surface area contributed by atoms with Crippen molar-refractivity contribution in [2.75, 3.05) is 13.2 Å². The molecule has 3 heterocycles. The van der Waals surface area contributed by atoms with Gasteiger partial charge in [-0.2, -0.15) is 0 Å². The molecule has 0 aliphatic heterocycles. The predicted molar refractivity (Wildman–Crippen MR) is 96.3 cm³/mol. The molecule has 0 aromatic carbocycles. The summed E-state index contributed by atoms with van der Waals surface area (Å²) in [5, 5.41) is 2.81. The summed E-state index contributed by atoms with van der Waals surface area (Å²) in [5.41, 5.74) is -0.558. The minimum Gasteiger partial charge on any atom is -0.467 e. The lowest BCUT2D eigenvalue weighted by atomic mass is 10.3. The second-order valence-electron chi connectivity index (χ2n) is 6.04. The van der Waals surface area contributed by atoms with Crippen molar-refractivity contribution in [3.63, 3.8) is 0 Å². The van der Waals surface area contributed by atoms with Crippen LogP contribution in [0.25, 0.3) is 11.2 Å². The van der Waals surface area contributed by atoms with E-state index < -0.39 is 11.2 Å². The van der Waals surface area contributed by atoms with Crippen LogP contribution in [0.5, 0.6) is 0 Å². The minimum absolute atomic E-state index is 0.121. The summed E-state index contributed by atoms with van der Waals surface area (Å²) in [5.74, 6) is 1.12. The fourth-order valence-electron chi connectivity index (χ4n) is 2.56. The number of carbonyl (C=O) groups excluding carboxylic acids is 1. The zero-order valence-corrected chi connectivity index (χ0v) is 14.9. The average molecular weight is 375 g/mol. The van der Waals surface area contributed by atoms with E-state index in [0.717, 1.165) is 5.76 Å². The number of nitrogens with one attached hydrogen (secondary N) is 3. The largest absolute Gasteiger partial charge is 0.467 e. The van der Waals surface area contributed by atoms with E-state index in [0.29, 0.717) is 38.4 Å². The van der Waals surface area contributed by atoms with Gasteiger partial charge in [-0.3, -0.25) is 19.1 Å². The van der Waals surface area contributed by atoms with E-state index in [1.165, 1.54) is 11.6 Å². The molecule has 27 heavy (non-hydrogen) atoms. The monoisotopic (exact) mass is 375 g/mol. The van der Waals surface area contributed by atoms with Gasteiger partial charge in [0.1, 0.15) is 23.7 Å². The van der Waals surface area contributed by atoms with Gasteiger partial charge in [0.05, 0.1) is 6.26 Å². The highest BCUT2D eigenvalue weighted by Gasteiger charge is 2.11. The molecular weight excluding hydrogens is 354 g/mol. The third-order valence-electron chi connectivity index (χ3n) is 4.00. The molecule has 0 aliphatic carbocycles. The van der Waals surface area contributed by atoms with Crippen LogP contribution in [0.4, 0.5) is 0 Å². The molecule has 3 aromatic rings. The van der Waals surface area contributed by atoms with Crippen LogP contribution >= 0.6 is 0 Å². The molecule has 3 N–H and O–H groups in total. The van der Waals surface area contributed by atoms with E-state index >= 15 is 0 Å². The lowest BCUT2D eigenvalue weighted by Gasteiger charge is -2.05. The Hall–Kier alpha value is -3.14. The first-order chi connectivity index (χ1) is 13.0. The molecule has 10 heteroatoms. The van der Waals surface area contributed by atoms with E-state index in [1.807, 2.05) is 6.07 Å². The molecule has 1 amide bonds. The molecule has 10 nitrogen and oxygen atoms in total. The summed E-state index contributed by atoms with van der Waals surface area (Å²) in [4.78, 5) is 44.5. The van der Waals surface area contributed by atoms with Crippen LogP contribution in [0.1, 0.15) is 24.4 Å². The SMILES string of the molecule is Cn1c(=O)[nH]c(=O)c2[nH]c(CCC(=O)NCCCOCc3ccco3)nc21. The van der Waals surface area contributed by atoms with Gasteiger partial charge in [-0.15, -0.1) is 0 Å². The van der Waals surface area contributed by atoms with Crippen molar-refractivity contribution < 1.29 is 13.9 Å². The molecule has 0 saturated carbocycles. The number of hydrogen-bond acceptors (Lipinski definition) is 6. The average Bonchev–Trinajstić information content (AvgIpc) is 3.31. The van der Waals surface area contributed by atoms with Gasteiger partial charge in [0.25, 0.3) is 5.56 Å². The molecule has 0 bridgehead atoms. The predicted octanol–water partition coefficient (Wildman–Crippen LogP) is 0.199. The van der Waals surface area contributed by atoms with Gasteiger partial charge in [-0.1, -0.05) is 0 Å². The lowest BCUT2D eigenvalue weighted by Crippen LogP contribution is -2.28. The van der Waals surface area contributed by atoms with Crippen LogP contribution in [0, 0.1) is 0 Å². The minimum atomic E-state index is -0.530. The van der Waals surface area contributed by atoms with Gasteiger partial charge in [0.15, 0.2) is 5.65 Å². The highest BCUT2D eigenvalue weighted by Crippen LogP contribution is 2.06. The smallest absolute Gasteiger partial charge is 0.329 e. The molecule has 144 valence electrons. The number of hydrogen-bond donors (Lipinski definition) is 3. The van der Waals surface area contributed by atoms with Crippen molar-refractivity contribution in [3.8, 4) is 0 Å². The summed E-state index contributed by atoms with van der Waals surface area (Å²) >= 11 is 0. The Morgan fingerprint density at radius 1 is 1.37 bits per heavy atom. The third kappa shape index (κ3) is 4.73. The molecule has 0 saturated heterocycles. The number of furan rings is 1. The number of ether oxygens (including phenoxy) is 1. The van der Waals surface area contributed by atoms with Crippen molar-refractivity contribution in [2.45, 2.75) is 25.9 Å². The highest BCUT2D eigenvalue weighted by atomic mass is 16.5. The maximum absolute atomic E-state index is 11.9. The van der Waals surface area contributed by atoms with E-state index in [2.05, 4.69) is 20.3 Å². The van der Waals surface area contributed by atoms with E-state index in [-0.39, 0.29) is 23.5 Å². The van der Waals surface area contributed by atoms with Crippen molar-refractivity contribution in [1.82, 2.24) is 24.8 Å². The van der Waals surface area contributed by atoms with Crippen LogP contribution < -0.4 is 16.6 Å². The molecule has 3 rings (SSSR count). The van der Waals surface area contributed by atoms with Gasteiger partial charge >= 0.3 is 5.69 Å². The van der Waals surface area contributed by atoms with Crippen LogP contribution in [0.2, 0.25) is 0 Å². The number of imidazole rings is 1. The van der Waals surface area contributed by atoms with Gasteiger partial charge in [0, 0.05) is 33.0 Å². The molecule has 0 fully saturated rings. The van der Waals surface area contributed by atoms with Gasteiger partial charge in [-0.05, 0) is 18.6 Å². The van der Waals surface area contributed by atoms with Crippen LogP contribution in [0.15, 0.2) is 32.4 Å². The Kier molecular flexibility index (Phi) is 5.87. The van der Waals surface area contributed by atoms with E-state index in [4.69, 9.17) is 9.15 Å². The normalized spacial score (nSPS) is 11.1. The molecular formula is C17H21N5O5. The Morgan fingerprint density at radius 3 is 3.00 bits per heavy atom. The number of fused-ring (bicyclic) bond motifs is 1. The van der Waals surface area contributed by atoms with Crippen LogP contribution in [-0.2, 0) is 29.6 Å². The second kappa shape index (κ2) is 8.49. The fourth-order valence-corrected chi connectivity index (χ4v) is 2.56. The zero-order valence-electron chi connectivity index (χ0n) is 14.9.